The maximum absolute atomic E-state index is 12.2. The molecule has 0 saturated carbocycles. The van der Waals surface area contributed by atoms with E-state index in [9.17, 15) is 43.7 Å². The molecule has 0 spiro atoms. The minimum atomic E-state index is -4.59. The molecule has 0 radical (unpaired) electrons. The van der Waals surface area contributed by atoms with Crippen LogP contribution in [0.5, 0.6) is 0 Å². The van der Waals surface area contributed by atoms with Gasteiger partial charge in [0, 0.05) is 48.9 Å². The number of anilines is 1. The second-order valence-electron chi connectivity index (χ2n) is 14.2. The summed E-state index contributed by atoms with van der Waals surface area (Å²) in [7, 11) is -11.8. The van der Waals surface area contributed by atoms with Gasteiger partial charge in [0.25, 0.3) is 30.4 Å². The quantitative estimate of drug-likeness (QED) is 0.0537. The summed E-state index contributed by atoms with van der Waals surface area (Å²) in [6.07, 6.45) is 11.1. The number of carbonyl (C=O) groups is 1. The van der Waals surface area contributed by atoms with Crippen molar-refractivity contribution in [3.63, 3.8) is 0 Å². The number of methoxy groups -OCH3 is 1. The second kappa shape index (κ2) is 19.7. The molecule has 1 aliphatic heterocycles. The van der Waals surface area contributed by atoms with Gasteiger partial charge in [-0.25, -0.2) is 0 Å². The van der Waals surface area contributed by atoms with E-state index in [1.165, 1.54) is 24.3 Å². The molecule has 4 N–H and O–H groups in total. The number of rotatable bonds is 23. The Morgan fingerprint density at radius 2 is 1.55 bits per heavy atom. The first-order valence-corrected chi connectivity index (χ1v) is 22.5. The third kappa shape index (κ3) is 12.7. The van der Waals surface area contributed by atoms with E-state index in [2.05, 4.69) is 6.58 Å². The highest BCUT2D eigenvalue weighted by Gasteiger charge is 2.43. The van der Waals surface area contributed by atoms with Crippen molar-refractivity contribution in [2.75, 3.05) is 44.1 Å². The van der Waals surface area contributed by atoms with Crippen molar-refractivity contribution in [3.05, 3.63) is 101 Å². The summed E-state index contributed by atoms with van der Waals surface area (Å²) < 4.78 is 112. The first-order valence-electron chi connectivity index (χ1n) is 18.0. The number of hydrogen-bond acceptors (Lipinski definition) is 10. The highest BCUT2D eigenvalue weighted by Crippen LogP contribution is 2.51. The highest BCUT2D eigenvalue weighted by molar-refractivity contribution is 7.86. The molecule has 1 aliphatic rings. The van der Waals surface area contributed by atoms with Gasteiger partial charge in [-0.1, -0.05) is 50.3 Å². The molecule has 1 heterocycles. The lowest BCUT2D eigenvalue weighted by Crippen LogP contribution is -2.30. The fourth-order valence-corrected chi connectivity index (χ4v) is 8.46. The van der Waals surface area contributed by atoms with E-state index < -0.39 is 52.9 Å². The van der Waals surface area contributed by atoms with E-state index >= 15 is 0 Å². The molecule has 2 unspecified atom stereocenters. The van der Waals surface area contributed by atoms with Crippen LogP contribution in [-0.2, 0) is 55.5 Å². The van der Waals surface area contributed by atoms with Crippen LogP contribution in [0.3, 0.4) is 0 Å². The first kappa shape index (κ1) is 46.7. The van der Waals surface area contributed by atoms with Crippen LogP contribution >= 0.6 is 0 Å². The number of carboxylic acid groups (broad SMARTS) is 1. The van der Waals surface area contributed by atoms with Crippen LogP contribution in [0.15, 0.2) is 94.4 Å². The third-order valence-electron chi connectivity index (χ3n) is 10.1. The molecule has 2 atom stereocenters. The van der Waals surface area contributed by atoms with Gasteiger partial charge in [-0.3, -0.25) is 18.5 Å². The zero-order valence-corrected chi connectivity index (χ0v) is 34.6. The molecule has 17 heteroatoms. The van der Waals surface area contributed by atoms with Crippen LogP contribution in [0.1, 0.15) is 75.5 Å². The Labute approximate surface area is 330 Å². The number of aliphatic carboxylic acids is 1. The molecule has 0 saturated heterocycles. The molecule has 14 nitrogen and oxygen atoms in total. The number of hydrogen-bond donors (Lipinski definition) is 4. The molecular weight excluding hydrogens is 787 g/mol. The van der Waals surface area contributed by atoms with Gasteiger partial charge in [-0.15, -0.1) is 0 Å². The minimum Gasteiger partial charge on any atom is -0.481 e. The number of allylic oxidation sites excluding steroid dienone is 7. The van der Waals surface area contributed by atoms with Gasteiger partial charge >= 0.3 is 5.97 Å². The number of ether oxygens (including phenoxy) is 2. The Hall–Kier alpha value is -3.68. The van der Waals surface area contributed by atoms with Crippen molar-refractivity contribution in [2.45, 2.75) is 86.3 Å². The summed E-state index contributed by atoms with van der Waals surface area (Å²) in [5, 5.41) is 9.08. The normalized spacial score (nSPS) is 18.2. The average Bonchev–Trinajstić information content (AvgIpc) is 3.32. The van der Waals surface area contributed by atoms with Crippen molar-refractivity contribution in [1.82, 2.24) is 0 Å². The number of unbranched alkanes of at least 4 members (excludes halogenated alkanes) is 2. The third-order valence-corrected chi connectivity index (χ3v) is 12.6. The van der Waals surface area contributed by atoms with Crippen molar-refractivity contribution in [2.24, 2.45) is 0 Å². The van der Waals surface area contributed by atoms with Crippen LogP contribution < -0.4 is 4.90 Å². The van der Waals surface area contributed by atoms with E-state index in [1.807, 2.05) is 31.7 Å². The summed E-state index contributed by atoms with van der Waals surface area (Å²) in [6, 6.07) is 8.61. The van der Waals surface area contributed by atoms with E-state index in [4.69, 9.17) is 14.6 Å². The average molecular weight is 840 g/mol. The lowest BCUT2D eigenvalue weighted by atomic mass is 9.72. The van der Waals surface area contributed by atoms with Crippen LogP contribution in [0, 0.1) is 6.92 Å². The number of nitrogens with zero attached hydrogens (tertiary/aromatic N) is 1. The Bertz CT molecular complexity index is 2160. The molecule has 0 aliphatic carbocycles. The number of benzene rings is 2. The molecule has 0 amide bonds. The molecule has 56 heavy (non-hydrogen) atoms. The largest absolute Gasteiger partial charge is 0.481 e. The van der Waals surface area contributed by atoms with Crippen LogP contribution in [0.4, 0.5) is 5.69 Å². The van der Waals surface area contributed by atoms with Gasteiger partial charge in [0.1, 0.15) is 0 Å². The molecule has 310 valence electrons. The smallest absolute Gasteiger partial charge is 0.303 e. The summed E-state index contributed by atoms with van der Waals surface area (Å²) >= 11 is 0. The van der Waals surface area contributed by atoms with Gasteiger partial charge < -0.3 is 19.5 Å². The fraction of sp³-hybridized carbons (Fsp3) is 0.462. The molecule has 0 bridgehead atoms. The Kier molecular flexibility index (Phi) is 16.4. The monoisotopic (exact) mass is 839 g/mol. The van der Waals surface area contributed by atoms with Crippen molar-refractivity contribution < 1.29 is 58.3 Å². The second-order valence-corrected chi connectivity index (χ2v) is 18.6. The van der Waals surface area contributed by atoms with Crippen molar-refractivity contribution in [3.8, 4) is 0 Å². The fourth-order valence-electron chi connectivity index (χ4n) is 6.94. The van der Waals surface area contributed by atoms with Crippen molar-refractivity contribution in [1.29, 1.82) is 0 Å². The van der Waals surface area contributed by atoms with Gasteiger partial charge in [0.15, 0.2) is 0 Å². The lowest BCUT2D eigenvalue weighted by Gasteiger charge is -2.33. The predicted molar refractivity (Wildman–Crippen MR) is 214 cm³/mol. The molecule has 2 aromatic carbocycles. The van der Waals surface area contributed by atoms with Gasteiger partial charge in [0.05, 0.1) is 28.8 Å². The van der Waals surface area contributed by atoms with Crippen LogP contribution in [0.25, 0.3) is 0 Å². The minimum absolute atomic E-state index is 0.0101. The van der Waals surface area contributed by atoms with E-state index in [0.717, 1.165) is 5.56 Å². The molecular formula is C39H53NO13S3. The SMILES string of the molecule is C=C(/C=C/C=C/C=C1/N(CCCCCC(=O)O)c2ccc(S(=O)(=O)O)cc2C1(C)CCCS(=O)(=O)O)C(C)(CCOCCOC)c1cc(S(=O)(=O)O)ccc1C. The zero-order chi connectivity index (χ0) is 42.0. The van der Waals surface area contributed by atoms with Gasteiger partial charge in [-0.2, -0.15) is 25.3 Å². The Morgan fingerprint density at radius 1 is 0.893 bits per heavy atom. The van der Waals surface area contributed by atoms with Crippen LogP contribution in [0.2, 0.25) is 0 Å². The molecule has 2 aromatic rings. The molecule has 0 fully saturated rings. The standard InChI is InChI=1S/C39H53NO13S3/c1-29-16-17-31(55(46,47)48)27-33(29)38(3,21-23-53-25-24-52-5)30(2)13-8-6-9-14-36-39(4,20-12-26-54(43,44)45)34-28-32(56(49,50)51)18-19-35(34)40(36)22-11-7-10-15-37(41)42/h6,8-9,13-14,16-19,27-28H,2,7,10-12,15,20-26H2,1,3-5H3,(H,41,42)(H,43,44,45)(H,46,47,48)(H,49,50,51)/b9-6+,13-8+,36-14+. The summed E-state index contributed by atoms with van der Waals surface area (Å²) in [5.74, 6) is -1.43. The maximum Gasteiger partial charge on any atom is 0.303 e. The Morgan fingerprint density at radius 3 is 2.18 bits per heavy atom. The molecule has 3 rings (SSSR count). The van der Waals surface area contributed by atoms with E-state index in [-0.39, 0.29) is 29.1 Å². The lowest BCUT2D eigenvalue weighted by molar-refractivity contribution is -0.137. The summed E-state index contributed by atoms with van der Waals surface area (Å²) in [4.78, 5) is 12.5. The maximum atomic E-state index is 12.2. The summed E-state index contributed by atoms with van der Waals surface area (Å²) in [5.41, 5.74) is 2.08. The number of aryl methyl sites for hydroxylation is 1. The topological polar surface area (TPSA) is 222 Å². The van der Waals surface area contributed by atoms with E-state index in [0.29, 0.717) is 80.1 Å². The van der Waals surface area contributed by atoms with Gasteiger partial charge in [-0.05, 0) is 105 Å². The van der Waals surface area contributed by atoms with Crippen LogP contribution in [-0.4, -0.2) is 89.2 Å². The number of fused-ring (bicyclic) bond motifs is 1. The molecule has 0 aromatic heterocycles. The van der Waals surface area contributed by atoms with E-state index in [1.54, 1.807) is 43.5 Å². The van der Waals surface area contributed by atoms with Gasteiger partial charge in [0.2, 0.25) is 0 Å². The summed E-state index contributed by atoms with van der Waals surface area (Å²) in [6.45, 7) is 11.3. The predicted octanol–water partition coefficient (Wildman–Crippen LogP) is 6.44. The highest BCUT2D eigenvalue weighted by atomic mass is 32.2. The zero-order valence-electron chi connectivity index (χ0n) is 32.2. The number of carboxylic acids is 1. The first-order chi connectivity index (χ1) is 26.0. The Balaban J connectivity index is 2.05. The van der Waals surface area contributed by atoms with Crippen molar-refractivity contribution >= 4 is 42.0 Å².